The monoisotopic (exact) mass is 408 g/mol. The Labute approximate surface area is 170 Å². The molecular formula is C20H17FN6O3. The first-order valence-electron chi connectivity index (χ1n) is 9.45. The van der Waals surface area contributed by atoms with Crippen molar-refractivity contribution in [2.45, 2.75) is 19.1 Å². The smallest absolute Gasteiger partial charge is 0.414 e. The van der Waals surface area contributed by atoms with Gasteiger partial charge in [-0.2, -0.15) is 0 Å². The van der Waals surface area contributed by atoms with Crippen molar-refractivity contribution in [2.24, 2.45) is 5.16 Å². The molecule has 1 aromatic carbocycles. The lowest BCUT2D eigenvalue weighted by Gasteiger charge is -2.14. The number of hydrogen-bond acceptors (Lipinski definition) is 7. The van der Waals surface area contributed by atoms with Gasteiger partial charge in [0.05, 0.1) is 30.7 Å². The summed E-state index contributed by atoms with van der Waals surface area (Å²) in [5.74, 6) is -0.448. The van der Waals surface area contributed by atoms with Crippen molar-refractivity contribution < 1.29 is 18.8 Å². The maximum absolute atomic E-state index is 14.8. The van der Waals surface area contributed by atoms with Crippen LogP contribution in [0.25, 0.3) is 11.1 Å². The summed E-state index contributed by atoms with van der Waals surface area (Å²) in [5.41, 5.74) is 2.96. The molecule has 5 rings (SSSR count). The van der Waals surface area contributed by atoms with Gasteiger partial charge in [-0.3, -0.25) is 9.88 Å². The van der Waals surface area contributed by atoms with Gasteiger partial charge in [-0.1, -0.05) is 16.4 Å². The minimum absolute atomic E-state index is 0.303. The van der Waals surface area contributed by atoms with E-state index in [4.69, 9.17) is 9.57 Å². The van der Waals surface area contributed by atoms with E-state index in [0.29, 0.717) is 48.6 Å². The van der Waals surface area contributed by atoms with Crippen LogP contribution in [0.15, 0.2) is 54.1 Å². The molecule has 3 aromatic rings. The molecule has 1 amide bonds. The highest BCUT2D eigenvalue weighted by Gasteiger charge is 2.33. The third kappa shape index (κ3) is 3.47. The van der Waals surface area contributed by atoms with E-state index in [-0.39, 0.29) is 6.10 Å². The Morgan fingerprint density at radius 1 is 1.23 bits per heavy atom. The highest BCUT2D eigenvalue weighted by atomic mass is 19.1. The topological polar surface area (TPSA) is 94.7 Å². The van der Waals surface area contributed by atoms with Crippen molar-refractivity contribution in [3.05, 3.63) is 60.4 Å². The zero-order chi connectivity index (χ0) is 20.5. The zero-order valence-corrected chi connectivity index (χ0v) is 15.8. The predicted molar refractivity (Wildman–Crippen MR) is 104 cm³/mol. The Balaban J connectivity index is 1.32. The number of carbonyl (C=O) groups is 1. The molecule has 0 aliphatic carbocycles. The van der Waals surface area contributed by atoms with E-state index in [0.717, 1.165) is 5.71 Å². The Kier molecular flexibility index (Phi) is 4.58. The lowest BCUT2D eigenvalue weighted by Crippen LogP contribution is -2.26. The molecule has 1 atom stereocenters. The maximum Gasteiger partial charge on any atom is 0.414 e. The first-order chi connectivity index (χ1) is 14.7. The molecule has 0 bridgehead atoms. The zero-order valence-electron chi connectivity index (χ0n) is 15.8. The van der Waals surface area contributed by atoms with Crippen molar-refractivity contribution >= 4 is 17.5 Å². The standard InChI is InChI=1S/C20H17FN6O3/c21-17-9-14(27-12-15(30-20(27)28)11-26-7-6-23-25-26)2-3-16(17)13-1-4-18(22-10-13)19-5-8-29-24-19/h1-4,6-7,9-10,15H,5,8,11-12H2. The fraction of sp³-hybridized carbons (Fsp3) is 0.250. The Bertz CT molecular complexity index is 1100. The Hall–Kier alpha value is -3.82. The van der Waals surface area contributed by atoms with E-state index in [1.165, 1.54) is 11.0 Å². The second kappa shape index (κ2) is 7.54. The summed E-state index contributed by atoms with van der Waals surface area (Å²) in [5, 5.41) is 11.5. The van der Waals surface area contributed by atoms with E-state index in [2.05, 4.69) is 20.5 Å². The summed E-state index contributed by atoms with van der Waals surface area (Å²) in [6.07, 6.45) is 4.65. The van der Waals surface area contributed by atoms with Gasteiger partial charge >= 0.3 is 6.09 Å². The summed E-state index contributed by atoms with van der Waals surface area (Å²) >= 11 is 0. The van der Waals surface area contributed by atoms with Crippen LogP contribution in [0.2, 0.25) is 0 Å². The lowest BCUT2D eigenvalue weighted by atomic mass is 10.0. The minimum atomic E-state index is -0.516. The van der Waals surface area contributed by atoms with E-state index in [1.54, 1.807) is 47.5 Å². The number of carbonyl (C=O) groups excluding carboxylic acids is 1. The van der Waals surface area contributed by atoms with Gasteiger partial charge in [0.15, 0.2) is 0 Å². The van der Waals surface area contributed by atoms with Crippen molar-refractivity contribution in [1.82, 2.24) is 20.0 Å². The van der Waals surface area contributed by atoms with Crippen LogP contribution in [0.1, 0.15) is 12.1 Å². The fourth-order valence-corrected chi connectivity index (χ4v) is 3.48. The summed E-state index contributed by atoms with van der Waals surface area (Å²) < 4.78 is 21.8. The number of oxime groups is 1. The molecule has 0 spiro atoms. The van der Waals surface area contributed by atoms with Gasteiger partial charge in [-0.05, 0) is 24.3 Å². The number of hydrogen-bond donors (Lipinski definition) is 0. The van der Waals surface area contributed by atoms with Crippen LogP contribution >= 0.6 is 0 Å². The van der Waals surface area contributed by atoms with Crippen LogP contribution in [-0.2, 0) is 16.1 Å². The average molecular weight is 408 g/mol. The number of benzene rings is 1. The summed E-state index contributed by atoms with van der Waals surface area (Å²) in [7, 11) is 0. The molecule has 0 radical (unpaired) electrons. The quantitative estimate of drug-likeness (QED) is 0.644. The van der Waals surface area contributed by atoms with Crippen LogP contribution in [0.5, 0.6) is 0 Å². The second-order valence-electron chi connectivity index (χ2n) is 6.96. The maximum atomic E-state index is 14.8. The Morgan fingerprint density at radius 2 is 2.17 bits per heavy atom. The van der Waals surface area contributed by atoms with Gasteiger partial charge in [-0.25, -0.2) is 13.9 Å². The number of anilines is 1. The molecule has 2 aliphatic rings. The first-order valence-corrected chi connectivity index (χ1v) is 9.45. The van der Waals surface area contributed by atoms with Crippen LogP contribution in [-0.4, -0.2) is 51.0 Å². The molecule has 0 N–H and O–H groups in total. The largest absolute Gasteiger partial charge is 0.442 e. The predicted octanol–water partition coefficient (Wildman–Crippen LogP) is 2.63. The minimum Gasteiger partial charge on any atom is -0.442 e. The van der Waals surface area contributed by atoms with Gasteiger partial charge in [-0.15, -0.1) is 5.10 Å². The molecule has 1 fully saturated rings. The number of aromatic nitrogens is 4. The van der Waals surface area contributed by atoms with Crippen molar-refractivity contribution in [1.29, 1.82) is 0 Å². The van der Waals surface area contributed by atoms with Crippen molar-refractivity contribution in [3.63, 3.8) is 0 Å². The van der Waals surface area contributed by atoms with Crippen LogP contribution in [0.3, 0.4) is 0 Å². The van der Waals surface area contributed by atoms with Gasteiger partial charge in [0, 0.05) is 29.9 Å². The van der Waals surface area contributed by atoms with Gasteiger partial charge < -0.3 is 9.57 Å². The molecule has 10 heteroatoms. The molecule has 30 heavy (non-hydrogen) atoms. The summed E-state index contributed by atoms with van der Waals surface area (Å²) in [6.45, 7) is 1.24. The number of cyclic esters (lactones) is 1. The first kappa shape index (κ1) is 18.2. The highest BCUT2D eigenvalue weighted by Crippen LogP contribution is 2.29. The average Bonchev–Trinajstić information content (AvgIpc) is 3.51. The van der Waals surface area contributed by atoms with Crippen LogP contribution < -0.4 is 4.90 Å². The molecule has 1 unspecified atom stereocenters. The van der Waals surface area contributed by atoms with Crippen molar-refractivity contribution in [3.8, 4) is 11.1 Å². The fourth-order valence-electron chi connectivity index (χ4n) is 3.48. The molecule has 0 saturated carbocycles. The number of nitrogens with zero attached hydrogens (tertiary/aromatic N) is 6. The van der Waals surface area contributed by atoms with Gasteiger partial charge in [0.1, 0.15) is 24.2 Å². The van der Waals surface area contributed by atoms with E-state index in [9.17, 15) is 9.18 Å². The highest BCUT2D eigenvalue weighted by molar-refractivity contribution is 5.99. The lowest BCUT2D eigenvalue weighted by molar-refractivity contribution is 0.129. The molecule has 4 heterocycles. The van der Waals surface area contributed by atoms with E-state index in [1.807, 2.05) is 0 Å². The number of amides is 1. The normalized spacial score (nSPS) is 18.3. The third-order valence-corrected chi connectivity index (χ3v) is 4.98. The van der Waals surface area contributed by atoms with Crippen molar-refractivity contribution in [2.75, 3.05) is 18.1 Å². The van der Waals surface area contributed by atoms with Gasteiger partial charge in [0.25, 0.3) is 0 Å². The van der Waals surface area contributed by atoms with Crippen LogP contribution in [0, 0.1) is 5.82 Å². The number of pyridine rings is 1. The summed E-state index contributed by atoms with van der Waals surface area (Å²) in [6, 6.07) is 8.25. The molecule has 2 aliphatic heterocycles. The number of ether oxygens (including phenoxy) is 1. The number of halogens is 1. The second-order valence-corrected chi connectivity index (χ2v) is 6.96. The third-order valence-electron chi connectivity index (χ3n) is 4.98. The molecule has 2 aromatic heterocycles. The van der Waals surface area contributed by atoms with E-state index >= 15 is 0 Å². The van der Waals surface area contributed by atoms with E-state index < -0.39 is 11.9 Å². The van der Waals surface area contributed by atoms with Crippen LogP contribution in [0.4, 0.5) is 14.9 Å². The Morgan fingerprint density at radius 3 is 2.87 bits per heavy atom. The van der Waals surface area contributed by atoms with Gasteiger partial charge in [0.2, 0.25) is 0 Å². The molecule has 9 nitrogen and oxygen atoms in total. The molecular weight excluding hydrogens is 391 g/mol. The number of rotatable bonds is 5. The molecule has 1 saturated heterocycles. The molecule has 152 valence electrons. The summed E-state index contributed by atoms with van der Waals surface area (Å²) in [4.78, 5) is 23.0. The SMILES string of the molecule is O=C1OC(Cn2ccnn2)CN1c1ccc(-c2ccc(C3=NOCC3)nc2)c(F)c1.